The van der Waals surface area contributed by atoms with Gasteiger partial charge in [0.05, 0.1) is 18.8 Å². The number of hydrogen-bond acceptors (Lipinski definition) is 7. The van der Waals surface area contributed by atoms with Crippen LogP contribution in [0.4, 0.5) is 0 Å². The molecule has 0 amide bonds. The van der Waals surface area contributed by atoms with Crippen LogP contribution in [0, 0.1) is 0 Å². The highest BCUT2D eigenvalue weighted by Gasteiger charge is 2.22. The Morgan fingerprint density at radius 1 is 1.54 bits per heavy atom. The molecule has 0 radical (unpaired) electrons. The number of rotatable bonds is 5. The fraction of sp³-hybridized carbons (Fsp3) is 0.600. The van der Waals surface area contributed by atoms with Gasteiger partial charge in [0.1, 0.15) is 10.6 Å². The first-order chi connectivity index (χ1) is 11.6. The van der Waals surface area contributed by atoms with Crippen LogP contribution in [0.25, 0.3) is 11.0 Å². The zero-order chi connectivity index (χ0) is 17.1. The molecule has 1 unspecified atom stereocenters. The minimum atomic E-state index is -0.454. The summed E-state index contributed by atoms with van der Waals surface area (Å²) >= 11 is 1.17. The summed E-state index contributed by atoms with van der Waals surface area (Å²) < 4.78 is 12.2. The van der Waals surface area contributed by atoms with Crippen LogP contribution in [0.15, 0.2) is 16.1 Å². The van der Waals surface area contributed by atoms with Crippen molar-refractivity contribution in [2.75, 3.05) is 19.8 Å². The van der Waals surface area contributed by atoms with E-state index in [0.29, 0.717) is 36.0 Å². The highest BCUT2D eigenvalue weighted by atomic mass is 32.2. The summed E-state index contributed by atoms with van der Waals surface area (Å²) in [5, 5.41) is 4.73. The second-order valence-electron chi connectivity index (χ2n) is 5.55. The van der Waals surface area contributed by atoms with Gasteiger partial charge in [-0.15, -0.1) is 0 Å². The normalized spacial score (nSPS) is 17.1. The standard InChI is InChI=1S/C15H20N4O4S/c1-3-23-14(21)9(2)24-15-17-12-11(13(20)18-15)8-16-19(12)10-4-6-22-7-5-10/h8-10H,3-7H2,1-2H3,(H,17,18,20). The highest BCUT2D eigenvalue weighted by molar-refractivity contribution is 8.00. The van der Waals surface area contributed by atoms with E-state index in [1.165, 1.54) is 11.8 Å². The molecule has 8 nitrogen and oxygen atoms in total. The maximum Gasteiger partial charge on any atom is 0.319 e. The van der Waals surface area contributed by atoms with Crippen LogP contribution in [0.1, 0.15) is 32.7 Å². The third kappa shape index (κ3) is 3.46. The van der Waals surface area contributed by atoms with Crippen molar-refractivity contribution in [3.8, 4) is 0 Å². The van der Waals surface area contributed by atoms with E-state index in [1.54, 1.807) is 24.7 Å². The van der Waals surface area contributed by atoms with Gasteiger partial charge in [0.2, 0.25) is 0 Å². The van der Waals surface area contributed by atoms with Crippen molar-refractivity contribution >= 4 is 28.8 Å². The highest BCUT2D eigenvalue weighted by Crippen LogP contribution is 2.25. The molecule has 130 valence electrons. The third-order valence-corrected chi connectivity index (χ3v) is 4.85. The maximum atomic E-state index is 12.3. The summed E-state index contributed by atoms with van der Waals surface area (Å²) in [4.78, 5) is 31.3. The third-order valence-electron chi connectivity index (χ3n) is 3.89. The molecule has 0 saturated carbocycles. The molecular formula is C15H20N4O4S. The monoisotopic (exact) mass is 352 g/mol. The average Bonchev–Trinajstić information content (AvgIpc) is 3.00. The molecule has 3 heterocycles. The number of carbonyl (C=O) groups is 1. The Morgan fingerprint density at radius 2 is 2.29 bits per heavy atom. The van der Waals surface area contributed by atoms with Crippen molar-refractivity contribution in [1.82, 2.24) is 19.7 Å². The number of fused-ring (bicyclic) bond motifs is 1. The van der Waals surface area contributed by atoms with Crippen LogP contribution in [0.5, 0.6) is 0 Å². The summed E-state index contributed by atoms with van der Waals surface area (Å²) in [5.74, 6) is -0.330. The second-order valence-corrected chi connectivity index (χ2v) is 6.88. The van der Waals surface area contributed by atoms with Crippen LogP contribution < -0.4 is 5.56 Å². The lowest BCUT2D eigenvalue weighted by Gasteiger charge is -2.22. The topological polar surface area (TPSA) is 99.1 Å². The fourth-order valence-corrected chi connectivity index (χ4v) is 3.43. The Bertz CT molecular complexity index is 781. The van der Waals surface area contributed by atoms with Gasteiger partial charge in [-0.2, -0.15) is 5.10 Å². The number of ether oxygens (including phenoxy) is 2. The summed E-state index contributed by atoms with van der Waals surface area (Å²) in [6, 6.07) is 0.172. The largest absolute Gasteiger partial charge is 0.465 e. The van der Waals surface area contributed by atoms with Crippen LogP contribution >= 0.6 is 11.8 Å². The first-order valence-corrected chi connectivity index (χ1v) is 8.86. The quantitative estimate of drug-likeness (QED) is 0.495. The SMILES string of the molecule is CCOC(=O)C(C)Sc1nc2c(cnn2C2CCOCC2)c(=O)[nH]1. The average molecular weight is 352 g/mol. The van der Waals surface area contributed by atoms with Gasteiger partial charge in [-0.1, -0.05) is 11.8 Å². The number of aromatic nitrogens is 4. The predicted octanol–water partition coefficient (Wildman–Crippen LogP) is 1.51. The lowest BCUT2D eigenvalue weighted by molar-refractivity contribution is -0.142. The number of hydrogen-bond donors (Lipinski definition) is 1. The van der Waals surface area contributed by atoms with Crippen LogP contribution in [0.3, 0.4) is 0 Å². The van der Waals surface area contributed by atoms with Gasteiger partial charge in [0.25, 0.3) is 5.56 Å². The molecule has 3 rings (SSSR count). The lowest BCUT2D eigenvalue weighted by Crippen LogP contribution is -2.22. The Hall–Kier alpha value is -1.87. The van der Waals surface area contributed by atoms with E-state index in [2.05, 4.69) is 15.1 Å². The van der Waals surface area contributed by atoms with Crippen molar-refractivity contribution in [2.24, 2.45) is 0 Å². The molecular weight excluding hydrogens is 332 g/mol. The van der Waals surface area contributed by atoms with Gasteiger partial charge < -0.3 is 14.5 Å². The maximum absolute atomic E-state index is 12.3. The molecule has 9 heteroatoms. The summed E-state index contributed by atoms with van der Waals surface area (Å²) in [6.07, 6.45) is 3.22. The van der Waals surface area contributed by atoms with Gasteiger partial charge in [-0.05, 0) is 26.7 Å². The van der Waals surface area contributed by atoms with Crippen molar-refractivity contribution in [3.05, 3.63) is 16.6 Å². The molecule has 24 heavy (non-hydrogen) atoms. The number of thioether (sulfide) groups is 1. The molecule has 1 aliphatic heterocycles. The molecule has 2 aromatic heterocycles. The van der Waals surface area contributed by atoms with E-state index in [4.69, 9.17) is 9.47 Å². The van der Waals surface area contributed by atoms with E-state index >= 15 is 0 Å². The minimum Gasteiger partial charge on any atom is -0.465 e. The molecule has 1 N–H and O–H groups in total. The lowest BCUT2D eigenvalue weighted by atomic mass is 10.1. The van der Waals surface area contributed by atoms with Gasteiger partial charge >= 0.3 is 5.97 Å². The molecule has 1 saturated heterocycles. The molecule has 0 spiro atoms. The molecule has 0 aromatic carbocycles. The zero-order valence-electron chi connectivity index (χ0n) is 13.7. The number of H-pyrrole nitrogens is 1. The number of nitrogens with zero attached hydrogens (tertiary/aromatic N) is 3. The van der Waals surface area contributed by atoms with E-state index in [1.807, 2.05) is 0 Å². The summed E-state index contributed by atoms with van der Waals surface area (Å²) in [6.45, 7) is 5.16. The van der Waals surface area contributed by atoms with Gasteiger partial charge in [-0.3, -0.25) is 9.59 Å². The van der Waals surface area contributed by atoms with Crippen LogP contribution in [-0.4, -0.2) is 50.8 Å². The zero-order valence-corrected chi connectivity index (χ0v) is 14.5. The molecule has 0 bridgehead atoms. The van der Waals surface area contributed by atoms with Crippen molar-refractivity contribution < 1.29 is 14.3 Å². The summed E-state index contributed by atoms with van der Waals surface area (Å²) in [7, 11) is 0. The Balaban J connectivity index is 1.90. The van der Waals surface area contributed by atoms with Crippen LogP contribution in [0.2, 0.25) is 0 Å². The Labute approximate surface area is 142 Å². The minimum absolute atomic E-state index is 0.172. The van der Waals surface area contributed by atoms with Crippen molar-refractivity contribution in [2.45, 2.75) is 43.1 Å². The van der Waals surface area contributed by atoms with Crippen molar-refractivity contribution in [1.29, 1.82) is 0 Å². The summed E-state index contributed by atoms with van der Waals surface area (Å²) in [5.41, 5.74) is 0.293. The smallest absolute Gasteiger partial charge is 0.319 e. The molecule has 1 atom stereocenters. The predicted molar refractivity (Wildman–Crippen MR) is 89.2 cm³/mol. The van der Waals surface area contributed by atoms with Crippen LogP contribution in [-0.2, 0) is 14.3 Å². The van der Waals surface area contributed by atoms with E-state index < -0.39 is 5.25 Å². The van der Waals surface area contributed by atoms with Crippen molar-refractivity contribution in [3.63, 3.8) is 0 Å². The number of esters is 1. The van der Waals surface area contributed by atoms with E-state index in [0.717, 1.165) is 12.8 Å². The Kier molecular flexibility index (Phi) is 5.20. The Morgan fingerprint density at radius 3 is 3.00 bits per heavy atom. The van der Waals surface area contributed by atoms with Gasteiger partial charge in [0, 0.05) is 13.2 Å². The molecule has 1 fully saturated rings. The van der Waals surface area contributed by atoms with Gasteiger partial charge in [0.15, 0.2) is 10.8 Å². The first kappa shape index (κ1) is 17.0. The number of nitrogens with one attached hydrogen (secondary N) is 1. The van der Waals surface area contributed by atoms with Gasteiger partial charge in [-0.25, -0.2) is 9.67 Å². The molecule has 0 aliphatic carbocycles. The van der Waals surface area contributed by atoms with E-state index in [-0.39, 0.29) is 17.6 Å². The number of aromatic amines is 1. The first-order valence-electron chi connectivity index (χ1n) is 7.98. The van der Waals surface area contributed by atoms with E-state index in [9.17, 15) is 9.59 Å². The second kappa shape index (κ2) is 7.35. The fourth-order valence-electron chi connectivity index (χ4n) is 2.64. The number of carbonyl (C=O) groups excluding carboxylic acids is 1. The molecule has 2 aromatic rings. The molecule has 1 aliphatic rings.